The fourth-order valence-corrected chi connectivity index (χ4v) is 1.69. The van der Waals surface area contributed by atoms with Crippen LogP contribution in [-0.2, 0) is 0 Å². The molecule has 0 aliphatic carbocycles. The largest absolute Gasteiger partial charge is 0.384 e. The molecule has 0 spiro atoms. The van der Waals surface area contributed by atoms with Gasteiger partial charge in [0.15, 0.2) is 0 Å². The fraction of sp³-hybridized carbons (Fsp3) is 0.133. The topological polar surface area (TPSA) is 75.1 Å². The van der Waals surface area contributed by atoms with Crippen molar-refractivity contribution in [2.75, 3.05) is 11.9 Å². The maximum atomic E-state index is 12.0. The molecule has 1 heterocycles. The number of carbonyl (C=O) groups excluding carboxylic acids is 1. The van der Waals surface area contributed by atoms with Crippen molar-refractivity contribution in [3.8, 4) is 11.8 Å². The van der Waals surface area contributed by atoms with Crippen LogP contribution >= 0.6 is 0 Å². The first-order valence-electron chi connectivity index (χ1n) is 5.97. The van der Waals surface area contributed by atoms with Crippen molar-refractivity contribution < 1.29 is 9.90 Å². The summed E-state index contributed by atoms with van der Waals surface area (Å²) >= 11 is 0. The molecule has 2 rings (SSSR count). The number of aryl methyl sites for hydroxylation is 1. The van der Waals surface area contributed by atoms with Crippen LogP contribution in [0.4, 0.5) is 5.69 Å². The van der Waals surface area contributed by atoms with E-state index < -0.39 is 0 Å². The first-order valence-corrected chi connectivity index (χ1v) is 5.97. The molecule has 0 saturated heterocycles. The Hall–Kier alpha value is -2.71. The number of nitrogens with one attached hydrogen (secondary N) is 1. The predicted octanol–water partition coefficient (Wildman–Crippen LogP) is 1.38. The first kappa shape index (κ1) is 13.7. The zero-order chi connectivity index (χ0) is 14.4. The highest BCUT2D eigenvalue weighted by molar-refractivity contribution is 6.03. The quantitative estimate of drug-likeness (QED) is 0.806. The normalized spacial score (nSPS) is 9.50. The van der Waals surface area contributed by atoms with E-state index in [4.69, 9.17) is 5.11 Å². The average molecular weight is 267 g/mol. The number of amides is 1. The van der Waals surface area contributed by atoms with E-state index in [0.717, 1.165) is 11.1 Å². The molecule has 0 atom stereocenters. The second-order valence-electron chi connectivity index (χ2n) is 4.13. The minimum Gasteiger partial charge on any atom is -0.384 e. The molecule has 0 radical (unpaired) electrons. The summed E-state index contributed by atoms with van der Waals surface area (Å²) in [6.07, 6.45) is 4.27. The summed E-state index contributed by atoms with van der Waals surface area (Å²) in [4.78, 5) is 19.6. The average Bonchev–Trinajstić information content (AvgIpc) is 2.45. The number of nitrogens with zero attached hydrogens (tertiary/aromatic N) is 2. The van der Waals surface area contributed by atoms with Gasteiger partial charge in [-0.25, -0.2) is 9.97 Å². The lowest BCUT2D eigenvalue weighted by Crippen LogP contribution is -2.12. The lowest BCUT2D eigenvalue weighted by molar-refractivity contribution is 0.102. The van der Waals surface area contributed by atoms with Crippen LogP contribution in [-0.4, -0.2) is 27.6 Å². The van der Waals surface area contributed by atoms with Crippen LogP contribution in [0.2, 0.25) is 0 Å². The highest BCUT2D eigenvalue weighted by atomic mass is 16.2. The third-order valence-corrected chi connectivity index (χ3v) is 2.47. The van der Waals surface area contributed by atoms with Gasteiger partial charge in [-0.1, -0.05) is 11.8 Å². The van der Waals surface area contributed by atoms with E-state index in [9.17, 15) is 4.79 Å². The SMILES string of the molecule is Cc1cc(C#CCO)cc(NC(=O)c2cncnc2)c1. The lowest BCUT2D eigenvalue weighted by Gasteiger charge is -2.06. The number of rotatable bonds is 2. The molecule has 5 nitrogen and oxygen atoms in total. The summed E-state index contributed by atoms with van der Waals surface area (Å²) in [5.74, 6) is 5.11. The van der Waals surface area contributed by atoms with Crippen LogP contribution in [0.5, 0.6) is 0 Å². The molecule has 1 aromatic carbocycles. The van der Waals surface area contributed by atoms with Crippen LogP contribution in [0.1, 0.15) is 21.5 Å². The van der Waals surface area contributed by atoms with Crippen molar-refractivity contribution in [1.82, 2.24) is 9.97 Å². The Kier molecular flexibility index (Phi) is 4.43. The number of hydrogen-bond donors (Lipinski definition) is 2. The predicted molar refractivity (Wildman–Crippen MR) is 75.1 cm³/mol. The second kappa shape index (κ2) is 6.45. The van der Waals surface area contributed by atoms with Gasteiger partial charge in [0.1, 0.15) is 12.9 Å². The number of benzene rings is 1. The zero-order valence-electron chi connectivity index (χ0n) is 10.9. The molecule has 0 aliphatic rings. The highest BCUT2D eigenvalue weighted by Crippen LogP contribution is 2.14. The molecule has 100 valence electrons. The Balaban J connectivity index is 2.21. The van der Waals surface area contributed by atoms with Gasteiger partial charge in [-0.15, -0.1) is 0 Å². The lowest BCUT2D eigenvalue weighted by atomic mass is 10.1. The number of carbonyl (C=O) groups is 1. The van der Waals surface area contributed by atoms with Gasteiger partial charge in [0.25, 0.3) is 5.91 Å². The third-order valence-electron chi connectivity index (χ3n) is 2.47. The molecular weight excluding hydrogens is 254 g/mol. The number of aromatic nitrogens is 2. The van der Waals surface area contributed by atoms with Crippen molar-refractivity contribution in [2.24, 2.45) is 0 Å². The van der Waals surface area contributed by atoms with Crippen LogP contribution in [0.25, 0.3) is 0 Å². The van der Waals surface area contributed by atoms with Gasteiger partial charge in [-0.05, 0) is 30.7 Å². The fourth-order valence-electron chi connectivity index (χ4n) is 1.69. The molecule has 1 amide bonds. The van der Waals surface area contributed by atoms with Crippen molar-refractivity contribution in [1.29, 1.82) is 0 Å². The van der Waals surface area contributed by atoms with Crippen molar-refractivity contribution >= 4 is 11.6 Å². The smallest absolute Gasteiger partial charge is 0.258 e. The summed E-state index contributed by atoms with van der Waals surface area (Å²) in [7, 11) is 0. The minimum absolute atomic E-state index is 0.197. The van der Waals surface area contributed by atoms with E-state index in [-0.39, 0.29) is 12.5 Å². The molecule has 0 saturated carbocycles. The molecule has 2 aromatic rings. The Labute approximate surface area is 116 Å². The molecule has 2 N–H and O–H groups in total. The summed E-state index contributed by atoms with van der Waals surface area (Å²) < 4.78 is 0. The van der Waals surface area contributed by atoms with E-state index in [1.165, 1.54) is 18.7 Å². The van der Waals surface area contributed by atoms with Crippen LogP contribution in [0, 0.1) is 18.8 Å². The van der Waals surface area contributed by atoms with E-state index in [2.05, 4.69) is 27.1 Å². The molecule has 0 fully saturated rings. The minimum atomic E-state index is -0.280. The van der Waals surface area contributed by atoms with Crippen LogP contribution < -0.4 is 5.32 Å². The van der Waals surface area contributed by atoms with E-state index in [0.29, 0.717) is 11.3 Å². The third kappa shape index (κ3) is 3.64. The van der Waals surface area contributed by atoms with Gasteiger partial charge in [-0.2, -0.15) is 0 Å². The summed E-state index contributed by atoms with van der Waals surface area (Å²) in [6.45, 7) is 1.71. The standard InChI is InChI=1S/C15H13N3O2/c1-11-5-12(3-2-4-19)7-14(6-11)18-15(20)13-8-16-10-17-9-13/h5-10,19H,4H2,1H3,(H,18,20). The summed E-state index contributed by atoms with van der Waals surface area (Å²) in [6, 6.07) is 5.47. The maximum Gasteiger partial charge on any atom is 0.258 e. The van der Waals surface area contributed by atoms with E-state index in [1.807, 2.05) is 19.1 Å². The molecule has 0 bridgehead atoms. The Morgan fingerprint density at radius 1 is 1.30 bits per heavy atom. The number of aliphatic hydroxyl groups excluding tert-OH is 1. The molecule has 20 heavy (non-hydrogen) atoms. The van der Waals surface area contributed by atoms with Crippen LogP contribution in [0.15, 0.2) is 36.9 Å². The number of aliphatic hydroxyl groups is 1. The van der Waals surface area contributed by atoms with E-state index in [1.54, 1.807) is 6.07 Å². The Morgan fingerprint density at radius 2 is 2.05 bits per heavy atom. The van der Waals surface area contributed by atoms with Crippen molar-refractivity contribution in [3.05, 3.63) is 53.6 Å². The van der Waals surface area contributed by atoms with Crippen molar-refractivity contribution in [2.45, 2.75) is 6.92 Å². The van der Waals surface area contributed by atoms with Gasteiger partial charge < -0.3 is 10.4 Å². The highest BCUT2D eigenvalue weighted by Gasteiger charge is 2.07. The van der Waals surface area contributed by atoms with Gasteiger partial charge in [0, 0.05) is 23.6 Å². The molecule has 0 aliphatic heterocycles. The Morgan fingerprint density at radius 3 is 2.75 bits per heavy atom. The van der Waals surface area contributed by atoms with Crippen molar-refractivity contribution in [3.63, 3.8) is 0 Å². The van der Waals surface area contributed by atoms with Gasteiger partial charge >= 0.3 is 0 Å². The second-order valence-corrected chi connectivity index (χ2v) is 4.13. The number of anilines is 1. The molecular formula is C15H13N3O2. The van der Waals surface area contributed by atoms with Gasteiger partial charge in [0.05, 0.1) is 5.56 Å². The maximum absolute atomic E-state index is 12.0. The molecule has 5 heteroatoms. The Bertz CT molecular complexity index is 673. The number of hydrogen-bond acceptors (Lipinski definition) is 4. The first-order chi connectivity index (χ1) is 9.69. The summed E-state index contributed by atoms with van der Waals surface area (Å²) in [5, 5.41) is 11.5. The van der Waals surface area contributed by atoms with Crippen LogP contribution in [0.3, 0.4) is 0 Å². The molecule has 0 unspecified atom stereocenters. The van der Waals surface area contributed by atoms with Gasteiger partial charge in [0.2, 0.25) is 0 Å². The zero-order valence-corrected chi connectivity index (χ0v) is 10.9. The van der Waals surface area contributed by atoms with E-state index >= 15 is 0 Å². The monoisotopic (exact) mass is 267 g/mol. The molecule has 1 aromatic heterocycles. The summed E-state index contributed by atoms with van der Waals surface area (Å²) in [5.41, 5.74) is 2.73. The van der Waals surface area contributed by atoms with Gasteiger partial charge in [-0.3, -0.25) is 4.79 Å².